The third-order valence-corrected chi connectivity index (χ3v) is 18.7. The van der Waals surface area contributed by atoms with Crippen molar-refractivity contribution in [3.63, 3.8) is 0 Å². The van der Waals surface area contributed by atoms with Gasteiger partial charge in [-0.1, -0.05) is 212 Å². The van der Waals surface area contributed by atoms with Gasteiger partial charge in [0.25, 0.3) is 0 Å². The maximum Gasteiger partial charge on any atom is 0.235 e. The van der Waals surface area contributed by atoms with Crippen LogP contribution in [0.5, 0.6) is 0 Å². The molecule has 0 unspecified atom stereocenters. The number of rotatable bonds is 5. The second kappa shape index (κ2) is 17.2. The molecule has 0 aliphatic carbocycles. The van der Waals surface area contributed by atoms with Crippen LogP contribution in [-0.2, 0) is 0 Å². The fourth-order valence-electron chi connectivity index (χ4n) is 13.9. The van der Waals surface area contributed by atoms with Gasteiger partial charge in [0.2, 0.25) is 11.9 Å². The second-order valence-corrected chi connectivity index (χ2v) is 23.0. The molecule has 0 saturated carbocycles. The summed E-state index contributed by atoms with van der Waals surface area (Å²) >= 11 is 1.84. The summed E-state index contributed by atoms with van der Waals surface area (Å²) in [5.41, 5.74) is 13.8. The van der Waals surface area contributed by atoms with Crippen molar-refractivity contribution < 1.29 is 4.42 Å². The van der Waals surface area contributed by atoms with Crippen LogP contribution in [-0.4, -0.2) is 29.1 Å². The molecule has 0 N–H and O–H groups in total. The van der Waals surface area contributed by atoms with E-state index >= 15 is 0 Å². The highest BCUT2D eigenvalue weighted by atomic mass is 32.1. The zero-order valence-corrected chi connectivity index (χ0v) is 45.6. The van der Waals surface area contributed by atoms with Crippen molar-refractivity contribution >= 4 is 151 Å². The van der Waals surface area contributed by atoms with Crippen LogP contribution < -0.4 is 0 Å². The topological polar surface area (TPSA) is 74.6 Å². The highest BCUT2D eigenvalue weighted by Crippen LogP contribution is 2.51. The van der Waals surface area contributed by atoms with Crippen molar-refractivity contribution in [1.29, 1.82) is 0 Å². The number of para-hydroxylation sites is 3. The van der Waals surface area contributed by atoms with E-state index in [1.807, 2.05) is 11.3 Å². The van der Waals surface area contributed by atoms with Crippen LogP contribution in [0.15, 0.2) is 259 Å². The molecule has 0 aliphatic heterocycles. The molecule has 84 heavy (non-hydrogen) atoms. The highest BCUT2D eigenvalue weighted by Gasteiger charge is 2.28. The van der Waals surface area contributed by atoms with Crippen LogP contribution in [0.2, 0.25) is 0 Å². The van der Waals surface area contributed by atoms with Crippen LogP contribution in [0.3, 0.4) is 0 Å². The molecule has 8 heteroatoms. The Kier molecular flexibility index (Phi) is 9.36. The van der Waals surface area contributed by atoms with Crippen LogP contribution in [0.25, 0.3) is 185 Å². The molecule has 0 bridgehead atoms. The van der Waals surface area contributed by atoms with Crippen molar-refractivity contribution in [2.75, 3.05) is 0 Å². The predicted molar refractivity (Wildman–Crippen MR) is 350 cm³/mol. The zero-order valence-electron chi connectivity index (χ0n) is 44.7. The average molecular weight is 1090 g/mol. The summed E-state index contributed by atoms with van der Waals surface area (Å²) in [7, 11) is 0. The van der Waals surface area contributed by atoms with Crippen molar-refractivity contribution in [2.24, 2.45) is 0 Å². The summed E-state index contributed by atoms with van der Waals surface area (Å²) in [5.74, 6) is 1.24. The maximum absolute atomic E-state index is 6.85. The van der Waals surface area contributed by atoms with E-state index in [2.05, 4.69) is 264 Å². The summed E-state index contributed by atoms with van der Waals surface area (Å²) in [6.07, 6.45) is 0. The first-order valence-corrected chi connectivity index (χ1v) is 29.2. The van der Waals surface area contributed by atoms with Gasteiger partial charge in [0.05, 0.1) is 49.2 Å². The molecule has 0 spiro atoms. The summed E-state index contributed by atoms with van der Waals surface area (Å²) < 4.78 is 13.9. The van der Waals surface area contributed by atoms with Gasteiger partial charge < -0.3 is 4.42 Å². The van der Waals surface area contributed by atoms with Crippen molar-refractivity contribution in [2.45, 2.75) is 0 Å². The smallest absolute Gasteiger partial charge is 0.235 e. The van der Waals surface area contributed by atoms with Crippen molar-refractivity contribution in [3.8, 4) is 45.5 Å². The Morgan fingerprint density at radius 2 is 0.893 bits per heavy atom. The van der Waals surface area contributed by atoms with Crippen LogP contribution in [0.1, 0.15) is 0 Å². The zero-order chi connectivity index (χ0) is 54.7. The lowest BCUT2D eigenvalue weighted by atomic mass is 9.96. The molecule has 0 atom stereocenters. The molecular formula is C76H42N6OS. The first kappa shape index (κ1) is 45.6. The molecule has 0 fully saturated rings. The monoisotopic (exact) mass is 1090 g/mol. The first-order chi connectivity index (χ1) is 41.7. The van der Waals surface area contributed by atoms with E-state index in [0.29, 0.717) is 11.9 Å². The number of fused-ring (bicyclic) bond motifs is 24. The quantitative estimate of drug-likeness (QED) is 0.161. The summed E-state index contributed by atoms with van der Waals surface area (Å²) in [5, 5.41) is 17.9. The van der Waals surface area contributed by atoms with Gasteiger partial charge in [-0.2, -0.15) is 0 Å². The third-order valence-electron chi connectivity index (χ3n) is 17.5. The molecule has 7 nitrogen and oxygen atoms in total. The summed E-state index contributed by atoms with van der Waals surface area (Å²) in [6.45, 7) is 0. The number of nitrogens with zero attached hydrogens (tertiary/aromatic N) is 6. The molecule has 19 rings (SSSR count). The van der Waals surface area contributed by atoms with Crippen molar-refractivity contribution in [3.05, 3.63) is 255 Å². The molecule has 6 aromatic heterocycles. The molecular weight excluding hydrogens is 1040 g/mol. The van der Waals surface area contributed by atoms with Gasteiger partial charge >= 0.3 is 0 Å². The number of hydrogen-bond acceptors (Lipinski definition) is 6. The highest BCUT2D eigenvalue weighted by molar-refractivity contribution is 7.27. The van der Waals surface area contributed by atoms with E-state index in [9.17, 15) is 0 Å². The number of furan rings is 1. The molecule has 388 valence electrons. The van der Waals surface area contributed by atoms with Gasteiger partial charge in [-0.15, -0.1) is 11.3 Å². The molecule has 0 amide bonds. The molecule has 19 aromatic rings. The van der Waals surface area contributed by atoms with Crippen LogP contribution >= 0.6 is 11.3 Å². The number of aromatic nitrogens is 6. The minimum Gasteiger partial charge on any atom is -0.455 e. The largest absolute Gasteiger partial charge is 0.455 e. The minimum absolute atomic E-state index is 0.603. The molecule has 0 radical (unpaired) electrons. The molecule has 0 saturated heterocycles. The van der Waals surface area contributed by atoms with Gasteiger partial charge in [0.1, 0.15) is 11.2 Å². The Labute approximate surface area is 482 Å². The van der Waals surface area contributed by atoms with Crippen LogP contribution in [0, 0.1) is 0 Å². The second-order valence-electron chi connectivity index (χ2n) is 22.0. The molecule has 0 aliphatic rings. The Morgan fingerprint density at radius 3 is 1.69 bits per heavy atom. The minimum atomic E-state index is 0.603. The SMILES string of the molecule is c1ccc(-c2nc(-n3c4cc(-c5ccc6sc7c(c6c5)c5ccccc5c5c6ccccc6n(-c6nc(-c8ccccc8)c8ccc9ccccc9c8n6)c75)ccc4c4c5c6ccccc6oc5c5ccccc5c43)nc3ccccc23)cc1. The Hall–Kier alpha value is -11.1. The molecule has 13 aromatic carbocycles. The fourth-order valence-corrected chi connectivity index (χ4v) is 15.1. The normalized spacial score (nSPS) is 12.3. The van der Waals surface area contributed by atoms with E-state index in [4.69, 9.17) is 24.4 Å². The van der Waals surface area contributed by atoms with E-state index in [1.165, 1.54) is 36.3 Å². The Morgan fingerprint density at radius 1 is 0.321 bits per heavy atom. The fraction of sp³-hybridized carbons (Fsp3) is 0. The lowest BCUT2D eigenvalue weighted by Crippen LogP contribution is -2.04. The van der Waals surface area contributed by atoms with E-state index in [-0.39, 0.29) is 0 Å². The standard InChI is InChI=1S/C76H42N6OS/c1-3-20-44(21-4-1)68-53-29-13-16-32-59(53)77-75(78-68)82-61-42-47(36-38-55(61)66-67-56-31-15-18-34-62(56)83-73(67)52-28-12-11-27-51(52)71(66)82)46-37-40-63-58(41-46)65-50-26-10-9-25-49(50)64-54-30-14-17-33-60(54)81(72(64)74(65)84-63)76-79-69(45-22-5-2-6-23-45)57-39-35-43-19-7-8-24-48(43)70(57)80-76/h1-42H. The maximum atomic E-state index is 6.85. The lowest BCUT2D eigenvalue weighted by molar-refractivity contribution is 0.673. The van der Waals surface area contributed by atoms with E-state index in [0.717, 1.165) is 137 Å². The van der Waals surface area contributed by atoms with Crippen molar-refractivity contribution in [1.82, 2.24) is 29.1 Å². The summed E-state index contributed by atoms with van der Waals surface area (Å²) in [4.78, 5) is 22.3. The first-order valence-electron chi connectivity index (χ1n) is 28.4. The third kappa shape index (κ3) is 6.34. The van der Waals surface area contributed by atoms with Gasteiger partial charge in [-0.25, -0.2) is 19.9 Å². The number of benzene rings is 13. The average Bonchev–Trinajstić information content (AvgIpc) is 1.75. The molecule has 6 heterocycles. The van der Waals surface area contributed by atoms with Gasteiger partial charge in [0.15, 0.2) is 0 Å². The van der Waals surface area contributed by atoms with Gasteiger partial charge in [0, 0.05) is 85.8 Å². The van der Waals surface area contributed by atoms with Crippen LogP contribution in [0.4, 0.5) is 0 Å². The number of thiophene rings is 1. The number of hydrogen-bond donors (Lipinski definition) is 0. The van der Waals surface area contributed by atoms with E-state index in [1.54, 1.807) is 0 Å². The summed E-state index contributed by atoms with van der Waals surface area (Å²) in [6, 6.07) is 91.0. The Bertz CT molecular complexity index is 6050. The predicted octanol–water partition coefficient (Wildman–Crippen LogP) is 20.5. The Balaban J connectivity index is 0.902. The van der Waals surface area contributed by atoms with Gasteiger partial charge in [-0.05, 0) is 69.8 Å². The van der Waals surface area contributed by atoms with Gasteiger partial charge in [-0.3, -0.25) is 9.13 Å². The van der Waals surface area contributed by atoms with E-state index < -0.39 is 0 Å². The lowest BCUT2D eigenvalue weighted by Gasteiger charge is -2.14.